The molecule has 0 spiro atoms. The molecule has 0 unspecified atom stereocenters. The average Bonchev–Trinajstić information content (AvgIpc) is 2.90. The summed E-state index contributed by atoms with van der Waals surface area (Å²) in [5, 5.41) is 10.3. The number of methoxy groups -OCH3 is 1. The van der Waals surface area contributed by atoms with Crippen LogP contribution in [0.1, 0.15) is 29.5 Å². The Morgan fingerprint density at radius 1 is 0.778 bits per heavy atom. The van der Waals surface area contributed by atoms with Gasteiger partial charge in [-0.2, -0.15) is 0 Å². The molecule has 3 aromatic carbocycles. The maximum Gasteiger partial charge on any atom is 0.303 e. The molecule has 3 rings (SSSR count). The van der Waals surface area contributed by atoms with Gasteiger partial charge in [0.05, 0.1) is 14.2 Å². The predicted octanol–water partition coefficient (Wildman–Crippen LogP) is 5.04. The molecule has 0 saturated carbocycles. The van der Waals surface area contributed by atoms with Crippen molar-refractivity contribution in [3.05, 3.63) is 83.4 Å². The molecule has 0 aliphatic heterocycles. The Morgan fingerprint density at radius 3 is 2.06 bits per heavy atom. The van der Waals surface area contributed by atoms with E-state index >= 15 is 0 Å². The third-order valence-corrected chi connectivity index (χ3v) is 5.57. The molecule has 0 heterocycles. The minimum absolute atomic E-state index is 0.0126. The van der Waals surface area contributed by atoms with Crippen LogP contribution in [0.25, 0.3) is 0 Å². The number of carbonyl (C=O) groups is 2. The summed E-state index contributed by atoms with van der Waals surface area (Å²) in [6, 6.07) is 20.7. The first kappa shape index (κ1) is 26.6. The zero-order valence-electron chi connectivity index (χ0n) is 20.7. The Bertz CT molecular complexity index is 1160. The number of ether oxygens (including phenoxy) is 3. The SMILES string of the molecule is COc1cc(CCC(=O)N(C)OC)ccc1Oc1cc(CCC(=O)O)ccc1OCc1ccccc1. The van der Waals surface area contributed by atoms with Crippen molar-refractivity contribution in [3.63, 3.8) is 0 Å². The van der Waals surface area contributed by atoms with Crippen LogP contribution < -0.4 is 14.2 Å². The molecule has 0 atom stereocenters. The van der Waals surface area contributed by atoms with E-state index in [4.69, 9.17) is 24.2 Å². The monoisotopic (exact) mass is 493 g/mol. The summed E-state index contributed by atoms with van der Waals surface area (Å²) in [7, 11) is 4.56. The lowest BCUT2D eigenvalue weighted by atomic mass is 10.1. The van der Waals surface area contributed by atoms with Gasteiger partial charge in [0.25, 0.3) is 0 Å². The van der Waals surface area contributed by atoms with Gasteiger partial charge in [-0.15, -0.1) is 0 Å². The molecule has 1 N–H and O–H groups in total. The highest BCUT2D eigenvalue weighted by Gasteiger charge is 2.14. The van der Waals surface area contributed by atoms with Gasteiger partial charge in [-0.05, 0) is 53.8 Å². The van der Waals surface area contributed by atoms with E-state index in [1.54, 1.807) is 32.4 Å². The van der Waals surface area contributed by atoms with Crippen LogP contribution in [-0.4, -0.2) is 43.3 Å². The Kier molecular flexibility index (Phi) is 9.71. The second-order valence-corrected chi connectivity index (χ2v) is 8.11. The molecule has 0 aromatic heterocycles. The molecule has 8 nitrogen and oxygen atoms in total. The minimum Gasteiger partial charge on any atom is -0.493 e. The fraction of sp³-hybridized carbons (Fsp3) is 0.286. The summed E-state index contributed by atoms with van der Waals surface area (Å²) in [5.74, 6) is 0.963. The van der Waals surface area contributed by atoms with E-state index in [-0.39, 0.29) is 18.7 Å². The van der Waals surface area contributed by atoms with Crippen molar-refractivity contribution >= 4 is 11.9 Å². The highest BCUT2D eigenvalue weighted by atomic mass is 16.7. The Morgan fingerprint density at radius 2 is 1.42 bits per heavy atom. The first-order valence-corrected chi connectivity index (χ1v) is 11.6. The lowest BCUT2D eigenvalue weighted by molar-refractivity contribution is -0.168. The Labute approximate surface area is 210 Å². The zero-order valence-corrected chi connectivity index (χ0v) is 20.7. The molecule has 0 radical (unpaired) electrons. The number of hydrogen-bond donors (Lipinski definition) is 1. The average molecular weight is 494 g/mol. The second-order valence-electron chi connectivity index (χ2n) is 8.11. The molecular formula is C28H31NO7. The van der Waals surface area contributed by atoms with Crippen LogP contribution in [0.3, 0.4) is 0 Å². The topological polar surface area (TPSA) is 94.5 Å². The highest BCUT2D eigenvalue weighted by Crippen LogP contribution is 2.38. The number of rotatable bonds is 13. The molecule has 0 fully saturated rings. The van der Waals surface area contributed by atoms with Crippen LogP contribution in [0.4, 0.5) is 0 Å². The van der Waals surface area contributed by atoms with Crippen LogP contribution in [0, 0.1) is 0 Å². The molecule has 1 amide bonds. The van der Waals surface area contributed by atoms with Gasteiger partial charge in [0.2, 0.25) is 5.91 Å². The van der Waals surface area contributed by atoms with E-state index in [2.05, 4.69) is 0 Å². The third kappa shape index (κ3) is 7.74. The highest BCUT2D eigenvalue weighted by molar-refractivity contribution is 5.75. The predicted molar refractivity (Wildman–Crippen MR) is 134 cm³/mol. The van der Waals surface area contributed by atoms with Gasteiger partial charge < -0.3 is 19.3 Å². The van der Waals surface area contributed by atoms with Crippen molar-refractivity contribution in [2.24, 2.45) is 0 Å². The van der Waals surface area contributed by atoms with Crippen LogP contribution in [-0.2, 0) is 33.9 Å². The summed E-state index contributed by atoms with van der Waals surface area (Å²) < 4.78 is 17.8. The van der Waals surface area contributed by atoms with E-state index in [9.17, 15) is 9.59 Å². The van der Waals surface area contributed by atoms with Crippen LogP contribution >= 0.6 is 0 Å². The molecule has 190 valence electrons. The van der Waals surface area contributed by atoms with Crippen molar-refractivity contribution in [3.8, 4) is 23.0 Å². The third-order valence-electron chi connectivity index (χ3n) is 5.57. The van der Waals surface area contributed by atoms with Gasteiger partial charge in [0, 0.05) is 19.9 Å². The van der Waals surface area contributed by atoms with Crippen LogP contribution in [0.5, 0.6) is 23.0 Å². The zero-order chi connectivity index (χ0) is 25.9. The maximum atomic E-state index is 12.0. The molecule has 0 aliphatic rings. The Balaban J connectivity index is 1.81. The standard InChI is InChI=1S/C28H31NO7/c1-29(34-3)27(30)15-11-20-10-14-24(25(17-20)33-2)36-26-18-21(12-16-28(31)32)9-13-23(26)35-19-22-7-5-4-6-8-22/h4-10,13-14,17-18H,11-12,15-16,19H2,1-3H3,(H,31,32). The lowest BCUT2D eigenvalue weighted by Crippen LogP contribution is -2.25. The summed E-state index contributed by atoms with van der Waals surface area (Å²) in [6.45, 7) is 0.353. The van der Waals surface area contributed by atoms with E-state index in [1.807, 2.05) is 48.5 Å². The smallest absolute Gasteiger partial charge is 0.303 e. The van der Waals surface area contributed by atoms with E-state index in [0.717, 1.165) is 16.7 Å². The largest absolute Gasteiger partial charge is 0.493 e. The fourth-order valence-corrected chi connectivity index (χ4v) is 3.47. The van der Waals surface area contributed by atoms with Gasteiger partial charge in [-0.1, -0.05) is 42.5 Å². The first-order chi connectivity index (χ1) is 17.4. The van der Waals surface area contributed by atoms with Crippen molar-refractivity contribution in [1.29, 1.82) is 0 Å². The molecule has 0 aliphatic carbocycles. The van der Waals surface area contributed by atoms with Crippen molar-refractivity contribution in [2.75, 3.05) is 21.3 Å². The minimum atomic E-state index is -0.866. The van der Waals surface area contributed by atoms with Gasteiger partial charge in [0.1, 0.15) is 6.61 Å². The number of carboxylic acids is 1. The molecule has 8 heteroatoms. The number of amides is 1. The van der Waals surface area contributed by atoms with Crippen LogP contribution in [0.15, 0.2) is 66.7 Å². The summed E-state index contributed by atoms with van der Waals surface area (Å²) in [6.07, 6.45) is 1.18. The number of aliphatic carboxylic acids is 1. The van der Waals surface area contributed by atoms with Crippen molar-refractivity contribution < 1.29 is 33.7 Å². The lowest BCUT2D eigenvalue weighted by Gasteiger charge is -2.17. The molecular weight excluding hydrogens is 462 g/mol. The van der Waals surface area contributed by atoms with Gasteiger partial charge in [-0.25, -0.2) is 5.06 Å². The number of benzene rings is 3. The van der Waals surface area contributed by atoms with E-state index in [0.29, 0.717) is 42.4 Å². The van der Waals surface area contributed by atoms with E-state index in [1.165, 1.54) is 12.2 Å². The fourth-order valence-electron chi connectivity index (χ4n) is 3.47. The number of nitrogens with zero attached hydrogens (tertiary/aromatic N) is 1. The molecule has 36 heavy (non-hydrogen) atoms. The maximum absolute atomic E-state index is 12.0. The van der Waals surface area contributed by atoms with Gasteiger partial charge >= 0.3 is 5.97 Å². The summed E-state index contributed by atoms with van der Waals surface area (Å²) in [4.78, 5) is 28.0. The van der Waals surface area contributed by atoms with Gasteiger partial charge in [-0.3, -0.25) is 14.4 Å². The molecule has 0 bridgehead atoms. The summed E-state index contributed by atoms with van der Waals surface area (Å²) in [5.41, 5.74) is 2.73. The Hall–Kier alpha value is -4.04. The van der Waals surface area contributed by atoms with Crippen molar-refractivity contribution in [2.45, 2.75) is 32.3 Å². The summed E-state index contributed by atoms with van der Waals surface area (Å²) >= 11 is 0. The van der Waals surface area contributed by atoms with E-state index < -0.39 is 5.97 Å². The number of hydroxylamine groups is 2. The number of carbonyl (C=O) groups excluding carboxylic acids is 1. The van der Waals surface area contributed by atoms with Crippen molar-refractivity contribution in [1.82, 2.24) is 5.06 Å². The quantitative estimate of drug-likeness (QED) is 0.334. The molecule has 3 aromatic rings. The number of hydrogen-bond acceptors (Lipinski definition) is 6. The van der Waals surface area contributed by atoms with Gasteiger partial charge in [0.15, 0.2) is 23.0 Å². The van der Waals surface area contributed by atoms with Crippen LogP contribution in [0.2, 0.25) is 0 Å². The number of aryl methyl sites for hydroxylation is 2. The second kappa shape index (κ2) is 13.2. The molecule has 0 saturated heterocycles. The first-order valence-electron chi connectivity index (χ1n) is 11.6. The normalized spacial score (nSPS) is 10.5. The number of carboxylic acid groups (broad SMARTS) is 1.